The van der Waals surface area contributed by atoms with Crippen LogP contribution in [0.1, 0.15) is 12.5 Å². The number of carboxylic acid groups (broad SMARTS) is 1. The van der Waals surface area contributed by atoms with E-state index in [-0.39, 0.29) is 12.0 Å². The topological polar surface area (TPSA) is 71.7 Å². The van der Waals surface area contributed by atoms with Crippen LogP contribution < -0.4 is 5.43 Å². The van der Waals surface area contributed by atoms with Gasteiger partial charge in [0.25, 0.3) is 0 Å². The number of halogens is 1. The molecule has 3 aromatic rings. The number of hydrogen-bond donors (Lipinski definition) is 1. The summed E-state index contributed by atoms with van der Waals surface area (Å²) in [5.74, 6) is -1.02. The maximum atomic E-state index is 13.1. The molecule has 0 bridgehead atoms. The van der Waals surface area contributed by atoms with Crippen LogP contribution >= 0.6 is 11.6 Å². The third kappa shape index (κ3) is 3.29. The molecular weight excluding hydrogens is 364 g/mol. The summed E-state index contributed by atoms with van der Waals surface area (Å²) < 4.78 is 1.61. The molecule has 0 radical (unpaired) electrons. The van der Waals surface area contributed by atoms with Gasteiger partial charge >= 0.3 is 5.97 Å². The highest BCUT2D eigenvalue weighted by molar-refractivity contribution is 6.34. The van der Waals surface area contributed by atoms with Gasteiger partial charge in [-0.2, -0.15) is 0 Å². The fourth-order valence-electron chi connectivity index (χ4n) is 3.24. The van der Waals surface area contributed by atoms with Crippen molar-refractivity contribution < 1.29 is 9.90 Å². The number of allylic oxidation sites excluding steroid dienone is 3. The van der Waals surface area contributed by atoms with Gasteiger partial charge in [0.15, 0.2) is 5.43 Å². The van der Waals surface area contributed by atoms with Gasteiger partial charge in [-0.3, -0.25) is 14.6 Å². The molecule has 0 fully saturated rings. The molecule has 5 nitrogen and oxygen atoms in total. The van der Waals surface area contributed by atoms with Gasteiger partial charge in [0, 0.05) is 28.1 Å². The van der Waals surface area contributed by atoms with Gasteiger partial charge in [-0.15, -0.1) is 0 Å². The molecule has 1 heterocycles. The lowest BCUT2D eigenvalue weighted by molar-refractivity contribution is -0.137. The Morgan fingerprint density at radius 1 is 1.26 bits per heavy atom. The highest BCUT2D eigenvalue weighted by atomic mass is 35.5. The number of rotatable bonds is 5. The number of benzene rings is 2. The largest absolute Gasteiger partial charge is 0.480 e. The maximum Gasteiger partial charge on any atom is 0.323 e. The van der Waals surface area contributed by atoms with Crippen molar-refractivity contribution in [1.29, 1.82) is 0 Å². The molecule has 0 saturated heterocycles. The average molecular weight is 381 g/mol. The van der Waals surface area contributed by atoms with Gasteiger partial charge in [0.2, 0.25) is 0 Å². The SMILES string of the molecule is C=N/C=C(\C=C/C)c1c(Cl)ccc2c(=O)c3ccccc3n(CC(=O)O)c12. The Bertz CT molecular complexity index is 1190. The van der Waals surface area contributed by atoms with Crippen LogP contribution in [-0.4, -0.2) is 22.4 Å². The first-order chi connectivity index (χ1) is 13.0. The molecule has 6 heteroatoms. The molecule has 0 aliphatic rings. The van der Waals surface area contributed by atoms with Crippen LogP contribution in [-0.2, 0) is 11.3 Å². The van der Waals surface area contributed by atoms with Crippen LogP contribution in [0.5, 0.6) is 0 Å². The predicted octanol–water partition coefficient (Wildman–Crippen LogP) is 4.51. The highest BCUT2D eigenvalue weighted by Gasteiger charge is 2.19. The Morgan fingerprint density at radius 2 is 2.00 bits per heavy atom. The molecule has 136 valence electrons. The van der Waals surface area contributed by atoms with Crippen LogP contribution in [0, 0.1) is 0 Å². The number of carboxylic acids is 1. The maximum absolute atomic E-state index is 13.1. The highest BCUT2D eigenvalue weighted by Crippen LogP contribution is 2.33. The van der Waals surface area contributed by atoms with E-state index in [0.29, 0.717) is 38.0 Å². The predicted molar refractivity (Wildman–Crippen MR) is 111 cm³/mol. The molecule has 0 spiro atoms. The first kappa shape index (κ1) is 18.6. The second-order valence-corrected chi connectivity index (χ2v) is 6.32. The number of para-hydroxylation sites is 1. The van der Waals surface area contributed by atoms with Crippen molar-refractivity contribution >= 4 is 51.7 Å². The monoisotopic (exact) mass is 380 g/mol. The minimum atomic E-state index is -1.02. The zero-order chi connectivity index (χ0) is 19.6. The van der Waals surface area contributed by atoms with Crippen LogP contribution in [0.15, 0.2) is 64.5 Å². The Balaban J connectivity index is 2.63. The number of pyridine rings is 1. The third-order valence-corrected chi connectivity index (χ3v) is 4.55. The second-order valence-electron chi connectivity index (χ2n) is 5.91. The fourth-order valence-corrected chi connectivity index (χ4v) is 3.50. The summed E-state index contributed by atoms with van der Waals surface area (Å²) in [6.45, 7) is 5.02. The van der Waals surface area contributed by atoms with Crippen molar-refractivity contribution in [3.63, 3.8) is 0 Å². The van der Waals surface area contributed by atoms with Gasteiger partial charge in [-0.1, -0.05) is 35.9 Å². The van der Waals surface area contributed by atoms with Gasteiger partial charge in [0.05, 0.1) is 16.1 Å². The zero-order valence-corrected chi connectivity index (χ0v) is 15.4. The first-order valence-corrected chi connectivity index (χ1v) is 8.62. The minimum absolute atomic E-state index is 0.174. The number of hydrogen-bond acceptors (Lipinski definition) is 3. The third-order valence-electron chi connectivity index (χ3n) is 4.24. The second kappa shape index (κ2) is 7.60. The molecule has 2 aromatic carbocycles. The van der Waals surface area contributed by atoms with Crippen LogP contribution in [0.4, 0.5) is 0 Å². The molecule has 0 aliphatic carbocycles. The van der Waals surface area contributed by atoms with Gasteiger partial charge < -0.3 is 9.67 Å². The van der Waals surface area contributed by atoms with Crippen molar-refractivity contribution in [3.8, 4) is 0 Å². The van der Waals surface area contributed by atoms with Crippen molar-refractivity contribution in [2.24, 2.45) is 4.99 Å². The number of nitrogens with zero attached hydrogens (tertiary/aromatic N) is 2. The molecular formula is C21H17ClN2O3. The zero-order valence-electron chi connectivity index (χ0n) is 14.6. The average Bonchev–Trinajstić information content (AvgIpc) is 2.64. The first-order valence-electron chi connectivity index (χ1n) is 8.24. The number of aliphatic carboxylic acids is 1. The van der Waals surface area contributed by atoms with Gasteiger partial charge in [0.1, 0.15) is 6.54 Å². The molecule has 0 aliphatic heterocycles. The summed E-state index contributed by atoms with van der Waals surface area (Å²) in [4.78, 5) is 28.4. The lowest BCUT2D eigenvalue weighted by Gasteiger charge is -2.18. The van der Waals surface area contributed by atoms with Gasteiger partial charge in [-0.25, -0.2) is 0 Å². The Hall–Kier alpha value is -3.18. The van der Waals surface area contributed by atoms with Crippen molar-refractivity contribution in [2.45, 2.75) is 13.5 Å². The summed E-state index contributed by atoms with van der Waals surface area (Å²) in [5.41, 5.74) is 2.00. The summed E-state index contributed by atoms with van der Waals surface area (Å²) in [6, 6.07) is 10.2. The molecule has 0 atom stereocenters. The molecule has 0 unspecified atom stereocenters. The minimum Gasteiger partial charge on any atom is -0.480 e. The molecule has 27 heavy (non-hydrogen) atoms. The Kier molecular flexibility index (Phi) is 5.23. The normalized spacial score (nSPS) is 12.1. The number of aliphatic imine (C=N–C) groups is 1. The van der Waals surface area contributed by atoms with Crippen LogP contribution in [0.25, 0.3) is 27.4 Å². The molecule has 0 saturated carbocycles. The van der Waals surface area contributed by atoms with Crippen molar-refractivity contribution in [3.05, 3.63) is 75.6 Å². The van der Waals surface area contributed by atoms with E-state index in [2.05, 4.69) is 11.7 Å². The summed E-state index contributed by atoms with van der Waals surface area (Å²) in [6.07, 6.45) is 5.14. The number of carbonyl (C=O) groups is 1. The van der Waals surface area contributed by atoms with E-state index in [9.17, 15) is 14.7 Å². The number of aromatic nitrogens is 1. The van der Waals surface area contributed by atoms with Crippen LogP contribution in [0.3, 0.4) is 0 Å². The molecule has 1 N–H and O–H groups in total. The van der Waals surface area contributed by atoms with Gasteiger partial charge in [-0.05, 0) is 37.9 Å². The molecule has 0 amide bonds. The molecule has 3 rings (SSSR count). The summed E-state index contributed by atoms with van der Waals surface area (Å²) >= 11 is 6.48. The summed E-state index contributed by atoms with van der Waals surface area (Å²) in [7, 11) is 0. The van der Waals surface area contributed by atoms with E-state index in [1.165, 1.54) is 6.20 Å². The quantitative estimate of drug-likeness (QED) is 0.402. The summed E-state index contributed by atoms with van der Waals surface area (Å²) in [5, 5.41) is 10.7. The lowest BCUT2D eigenvalue weighted by Crippen LogP contribution is -2.17. The fraction of sp³-hybridized carbons (Fsp3) is 0.0952. The Morgan fingerprint density at radius 3 is 2.67 bits per heavy atom. The van der Waals surface area contributed by atoms with E-state index in [1.54, 1.807) is 47.0 Å². The Labute approximate surface area is 160 Å². The van der Waals surface area contributed by atoms with E-state index >= 15 is 0 Å². The van der Waals surface area contributed by atoms with Crippen molar-refractivity contribution in [1.82, 2.24) is 4.57 Å². The molecule has 1 aromatic heterocycles. The van der Waals surface area contributed by atoms with Crippen molar-refractivity contribution in [2.75, 3.05) is 0 Å². The van der Waals surface area contributed by atoms with E-state index < -0.39 is 5.97 Å². The smallest absolute Gasteiger partial charge is 0.323 e. The number of fused-ring (bicyclic) bond motifs is 2. The van der Waals surface area contributed by atoms with E-state index in [4.69, 9.17) is 11.6 Å². The standard InChI is InChI=1S/C21H17ClN2O3/c1-3-6-13(11-23-2)19-16(22)10-9-15-20(19)24(12-18(25)26)17-8-5-4-7-14(17)21(15)27/h3-11H,2,12H2,1H3,(H,25,26)/b6-3-,13-11+. The lowest BCUT2D eigenvalue weighted by atomic mass is 9.99. The van der Waals surface area contributed by atoms with Crippen LogP contribution in [0.2, 0.25) is 5.02 Å². The van der Waals surface area contributed by atoms with E-state index in [1.807, 2.05) is 13.0 Å². The van der Waals surface area contributed by atoms with E-state index in [0.717, 1.165) is 0 Å².